The fourth-order valence-electron chi connectivity index (χ4n) is 3.46. The highest BCUT2D eigenvalue weighted by molar-refractivity contribution is 7.86. The third kappa shape index (κ3) is 4.13. The molecule has 24 heavy (non-hydrogen) atoms. The molecule has 2 saturated heterocycles. The van der Waals surface area contributed by atoms with E-state index in [-0.39, 0.29) is 19.0 Å². The Balaban J connectivity index is 1.48. The molecule has 0 spiro atoms. The van der Waals surface area contributed by atoms with Gasteiger partial charge < -0.3 is 4.90 Å². The molecule has 1 amide bonds. The number of hydrogen-bond acceptors (Lipinski definition) is 4. The van der Waals surface area contributed by atoms with Gasteiger partial charge in [0.15, 0.2) is 0 Å². The van der Waals surface area contributed by atoms with E-state index in [1.807, 2.05) is 18.2 Å². The molecule has 2 fully saturated rings. The molecule has 0 bridgehead atoms. The van der Waals surface area contributed by atoms with Gasteiger partial charge in [-0.2, -0.15) is 12.7 Å². The van der Waals surface area contributed by atoms with Gasteiger partial charge in [0.1, 0.15) is 0 Å². The topological polar surface area (TPSA) is 87.0 Å². The van der Waals surface area contributed by atoms with Crippen LogP contribution in [0.3, 0.4) is 0 Å². The average Bonchev–Trinajstić information content (AvgIpc) is 3.03. The second kappa shape index (κ2) is 7.18. The van der Waals surface area contributed by atoms with Crippen LogP contribution in [-0.4, -0.2) is 74.2 Å². The minimum atomic E-state index is -3.65. The van der Waals surface area contributed by atoms with E-state index < -0.39 is 10.2 Å². The molecule has 2 N–H and O–H groups in total. The number of hydrogen-bond donors (Lipinski definition) is 1. The third-order valence-electron chi connectivity index (χ3n) is 4.85. The van der Waals surface area contributed by atoms with Gasteiger partial charge in [-0.1, -0.05) is 30.3 Å². The van der Waals surface area contributed by atoms with Gasteiger partial charge in [-0.3, -0.25) is 9.69 Å². The zero-order valence-corrected chi connectivity index (χ0v) is 14.5. The molecular weight excluding hydrogens is 328 g/mol. The van der Waals surface area contributed by atoms with Crippen LogP contribution in [0.25, 0.3) is 0 Å². The molecule has 0 saturated carbocycles. The number of likely N-dealkylation sites (tertiary alicyclic amines) is 1. The first-order valence-electron chi connectivity index (χ1n) is 8.26. The second-order valence-electron chi connectivity index (χ2n) is 6.46. The smallest absolute Gasteiger partial charge is 0.277 e. The van der Waals surface area contributed by atoms with Crippen LogP contribution < -0.4 is 5.14 Å². The summed E-state index contributed by atoms with van der Waals surface area (Å²) < 4.78 is 23.8. The van der Waals surface area contributed by atoms with E-state index in [4.69, 9.17) is 5.14 Å². The van der Waals surface area contributed by atoms with Crippen molar-refractivity contribution in [2.45, 2.75) is 12.3 Å². The summed E-state index contributed by atoms with van der Waals surface area (Å²) in [5.41, 5.74) is 1.33. The van der Waals surface area contributed by atoms with Crippen LogP contribution in [0.15, 0.2) is 30.3 Å². The summed E-state index contributed by atoms with van der Waals surface area (Å²) in [4.78, 5) is 16.4. The number of nitrogens with two attached hydrogens (primary N) is 1. The first kappa shape index (κ1) is 17.3. The van der Waals surface area contributed by atoms with Crippen molar-refractivity contribution < 1.29 is 13.2 Å². The van der Waals surface area contributed by atoms with E-state index in [9.17, 15) is 13.2 Å². The van der Waals surface area contributed by atoms with E-state index in [0.29, 0.717) is 25.6 Å². The number of carbonyl (C=O) groups excluding carboxylic acids is 1. The van der Waals surface area contributed by atoms with E-state index in [1.54, 1.807) is 4.90 Å². The number of piperazine rings is 1. The lowest BCUT2D eigenvalue weighted by Crippen LogP contribution is -2.53. The fourth-order valence-corrected chi connectivity index (χ4v) is 4.13. The molecule has 3 rings (SSSR count). The van der Waals surface area contributed by atoms with E-state index in [1.165, 1.54) is 9.87 Å². The summed E-state index contributed by atoms with van der Waals surface area (Å²) in [6.45, 7) is 3.58. The molecule has 0 aromatic heterocycles. The predicted octanol–water partition coefficient (Wildman–Crippen LogP) is -0.176. The molecule has 0 aliphatic carbocycles. The fraction of sp³-hybridized carbons (Fsp3) is 0.562. The number of amides is 1. The molecular formula is C16H24N4O3S. The SMILES string of the molecule is NS(=O)(=O)N1CCN(C(=O)CN2CC[C@H](c3ccccc3)C2)CC1. The Labute approximate surface area is 143 Å². The Morgan fingerprint density at radius 2 is 1.75 bits per heavy atom. The summed E-state index contributed by atoms with van der Waals surface area (Å²) in [7, 11) is -3.65. The van der Waals surface area contributed by atoms with Crippen LogP contribution in [0.1, 0.15) is 17.9 Å². The van der Waals surface area contributed by atoms with Gasteiger partial charge >= 0.3 is 0 Å². The zero-order chi connectivity index (χ0) is 17.2. The van der Waals surface area contributed by atoms with Crippen molar-refractivity contribution in [3.8, 4) is 0 Å². The van der Waals surface area contributed by atoms with Crippen LogP contribution >= 0.6 is 0 Å². The normalized spacial score (nSPS) is 23.5. The Bertz CT molecular complexity index is 672. The monoisotopic (exact) mass is 352 g/mol. The molecule has 1 atom stereocenters. The van der Waals surface area contributed by atoms with Gasteiger partial charge in [0.05, 0.1) is 6.54 Å². The Hall–Kier alpha value is -1.48. The van der Waals surface area contributed by atoms with Crippen molar-refractivity contribution in [2.24, 2.45) is 5.14 Å². The number of rotatable bonds is 4. The summed E-state index contributed by atoms with van der Waals surface area (Å²) in [5, 5.41) is 5.12. The van der Waals surface area contributed by atoms with Gasteiger partial charge in [0.2, 0.25) is 5.91 Å². The highest BCUT2D eigenvalue weighted by Crippen LogP contribution is 2.26. The van der Waals surface area contributed by atoms with Gasteiger partial charge in [0, 0.05) is 32.7 Å². The molecule has 1 aromatic rings. The number of nitrogens with zero attached hydrogens (tertiary/aromatic N) is 3. The molecule has 2 aliphatic rings. The minimum Gasteiger partial charge on any atom is -0.339 e. The zero-order valence-electron chi connectivity index (χ0n) is 13.7. The minimum absolute atomic E-state index is 0.0674. The molecule has 132 valence electrons. The van der Waals surface area contributed by atoms with Gasteiger partial charge in [-0.15, -0.1) is 0 Å². The van der Waals surface area contributed by atoms with Gasteiger partial charge in [-0.25, -0.2) is 5.14 Å². The highest BCUT2D eigenvalue weighted by Gasteiger charge is 2.29. The molecule has 2 aliphatic heterocycles. The van der Waals surface area contributed by atoms with E-state index >= 15 is 0 Å². The summed E-state index contributed by atoms with van der Waals surface area (Å²) in [6.07, 6.45) is 1.07. The molecule has 8 heteroatoms. The number of carbonyl (C=O) groups is 1. The van der Waals surface area contributed by atoms with E-state index in [0.717, 1.165) is 19.5 Å². The lowest BCUT2D eigenvalue weighted by atomic mass is 9.99. The van der Waals surface area contributed by atoms with Crippen LogP contribution in [0.2, 0.25) is 0 Å². The van der Waals surface area contributed by atoms with Crippen LogP contribution in [0.5, 0.6) is 0 Å². The maximum absolute atomic E-state index is 12.4. The van der Waals surface area contributed by atoms with Crippen molar-refractivity contribution in [1.82, 2.24) is 14.1 Å². The summed E-state index contributed by atoms with van der Waals surface area (Å²) in [6, 6.07) is 10.4. The number of benzene rings is 1. The standard InChI is InChI=1S/C16H24N4O3S/c17-24(22,23)20-10-8-19(9-11-20)16(21)13-18-7-6-15(12-18)14-4-2-1-3-5-14/h1-5,15H,6-13H2,(H2,17,22,23)/t15-/m0/s1. The van der Waals surface area contributed by atoms with Crippen LogP contribution in [0.4, 0.5) is 0 Å². The van der Waals surface area contributed by atoms with Gasteiger partial charge in [0.25, 0.3) is 10.2 Å². The quantitative estimate of drug-likeness (QED) is 0.815. The molecule has 0 radical (unpaired) electrons. The Morgan fingerprint density at radius 3 is 2.38 bits per heavy atom. The molecule has 2 heterocycles. The average molecular weight is 352 g/mol. The molecule has 7 nitrogen and oxygen atoms in total. The highest BCUT2D eigenvalue weighted by atomic mass is 32.2. The Kier molecular flexibility index (Phi) is 5.19. The van der Waals surface area contributed by atoms with Crippen molar-refractivity contribution in [1.29, 1.82) is 0 Å². The molecule has 0 unspecified atom stereocenters. The maximum Gasteiger partial charge on any atom is 0.277 e. The van der Waals surface area contributed by atoms with E-state index in [2.05, 4.69) is 17.0 Å². The van der Waals surface area contributed by atoms with Crippen molar-refractivity contribution in [3.05, 3.63) is 35.9 Å². The summed E-state index contributed by atoms with van der Waals surface area (Å²) >= 11 is 0. The van der Waals surface area contributed by atoms with Crippen molar-refractivity contribution in [2.75, 3.05) is 45.8 Å². The lowest BCUT2D eigenvalue weighted by Gasteiger charge is -2.33. The van der Waals surface area contributed by atoms with Gasteiger partial charge in [-0.05, 0) is 24.4 Å². The lowest BCUT2D eigenvalue weighted by molar-refractivity contribution is -0.133. The first-order valence-corrected chi connectivity index (χ1v) is 9.77. The third-order valence-corrected chi connectivity index (χ3v) is 5.94. The largest absolute Gasteiger partial charge is 0.339 e. The van der Waals surface area contributed by atoms with Crippen LogP contribution in [0, 0.1) is 0 Å². The predicted molar refractivity (Wildman–Crippen MR) is 91.5 cm³/mol. The Morgan fingerprint density at radius 1 is 1.08 bits per heavy atom. The van der Waals surface area contributed by atoms with Crippen molar-refractivity contribution >= 4 is 16.1 Å². The maximum atomic E-state index is 12.4. The second-order valence-corrected chi connectivity index (χ2v) is 8.00. The summed E-state index contributed by atoms with van der Waals surface area (Å²) in [5.74, 6) is 0.552. The van der Waals surface area contributed by atoms with Crippen molar-refractivity contribution in [3.63, 3.8) is 0 Å². The molecule has 1 aromatic carbocycles. The first-order chi connectivity index (χ1) is 11.4. The van der Waals surface area contributed by atoms with Crippen LogP contribution in [-0.2, 0) is 15.0 Å².